The van der Waals surface area contributed by atoms with Gasteiger partial charge < -0.3 is 9.47 Å². The van der Waals surface area contributed by atoms with Crippen molar-refractivity contribution >= 4 is 33.7 Å². The van der Waals surface area contributed by atoms with Crippen molar-refractivity contribution < 1.29 is 23.9 Å². The number of hydrogen-bond acceptors (Lipinski definition) is 5. The Labute approximate surface area is 207 Å². The lowest BCUT2D eigenvalue weighted by Gasteiger charge is -2.62. The van der Waals surface area contributed by atoms with Crippen molar-refractivity contribution in [2.45, 2.75) is 96.4 Å². The SMILES string of the molecule is COC(=O)CC[C@@H](C)[C@H]1CC[C@H]2[C@@H]3CC[C@H]4[C@@H](Br)C(=O)CC[C@]4(C)[C@H]3C[C@H](OC(C)=O)[C@]12C. The van der Waals surface area contributed by atoms with Gasteiger partial charge in [-0.05, 0) is 85.9 Å². The topological polar surface area (TPSA) is 69.7 Å². The van der Waals surface area contributed by atoms with E-state index < -0.39 is 0 Å². The van der Waals surface area contributed by atoms with Crippen LogP contribution in [0.3, 0.4) is 0 Å². The molecule has 0 aromatic heterocycles. The van der Waals surface area contributed by atoms with Crippen LogP contribution in [-0.4, -0.2) is 35.8 Å². The smallest absolute Gasteiger partial charge is 0.305 e. The summed E-state index contributed by atoms with van der Waals surface area (Å²) in [4.78, 5) is 36.5. The molecule has 0 bridgehead atoms. The molecule has 0 spiro atoms. The molecule has 10 atom stereocenters. The number of Topliss-reactive ketones (excluding diaryl/α,β-unsaturated/α-hetero) is 1. The first kappa shape index (κ1) is 25.2. The van der Waals surface area contributed by atoms with Gasteiger partial charge in [0.15, 0.2) is 0 Å². The Morgan fingerprint density at radius 1 is 1.12 bits per heavy atom. The van der Waals surface area contributed by atoms with Crippen molar-refractivity contribution in [1.29, 1.82) is 0 Å². The van der Waals surface area contributed by atoms with E-state index in [9.17, 15) is 14.4 Å². The fourth-order valence-corrected chi connectivity index (χ4v) is 10.1. The van der Waals surface area contributed by atoms with Gasteiger partial charge in [0.2, 0.25) is 0 Å². The number of ether oxygens (including phenoxy) is 2. The molecule has 0 radical (unpaired) electrons. The van der Waals surface area contributed by atoms with Gasteiger partial charge in [0.25, 0.3) is 0 Å². The summed E-state index contributed by atoms with van der Waals surface area (Å²) in [6.07, 6.45) is 8.23. The van der Waals surface area contributed by atoms with Gasteiger partial charge >= 0.3 is 11.9 Å². The van der Waals surface area contributed by atoms with Gasteiger partial charge in [-0.2, -0.15) is 0 Å². The van der Waals surface area contributed by atoms with Crippen molar-refractivity contribution in [2.24, 2.45) is 46.3 Å². The molecular weight excluding hydrogens is 484 g/mol. The Kier molecular flexibility index (Phi) is 7.08. The molecule has 4 aliphatic carbocycles. The molecule has 0 aromatic carbocycles. The number of rotatable bonds is 5. The van der Waals surface area contributed by atoms with E-state index in [4.69, 9.17) is 9.47 Å². The number of ketones is 1. The molecule has 5 nitrogen and oxygen atoms in total. The molecule has 0 aliphatic heterocycles. The number of carbonyl (C=O) groups is 3. The van der Waals surface area contributed by atoms with E-state index in [1.807, 2.05) is 0 Å². The van der Waals surface area contributed by atoms with E-state index in [1.54, 1.807) is 0 Å². The fraction of sp³-hybridized carbons (Fsp3) is 0.889. The van der Waals surface area contributed by atoms with E-state index in [2.05, 4.69) is 36.7 Å². The van der Waals surface area contributed by atoms with Crippen molar-refractivity contribution in [1.82, 2.24) is 0 Å². The molecule has 0 unspecified atom stereocenters. The lowest BCUT2D eigenvalue weighted by atomic mass is 9.43. The predicted molar refractivity (Wildman–Crippen MR) is 130 cm³/mol. The summed E-state index contributed by atoms with van der Waals surface area (Å²) in [6, 6.07) is 0. The molecule has 186 valence electrons. The Hall–Kier alpha value is -0.910. The molecule has 0 N–H and O–H groups in total. The van der Waals surface area contributed by atoms with Crippen molar-refractivity contribution in [3.63, 3.8) is 0 Å². The molecule has 6 heteroatoms. The lowest BCUT2D eigenvalue weighted by molar-refractivity contribution is -0.192. The molecule has 4 saturated carbocycles. The van der Waals surface area contributed by atoms with Crippen molar-refractivity contribution in [2.75, 3.05) is 7.11 Å². The van der Waals surface area contributed by atoms with E-state index in [1.165, 1.54) is 20.5 Å². The molecule has 0 aromatic rings. The molecular formula is C27H41BrO5. The molecule has 33 heavy (non-hydrogen) atoms. The first-order valence-electron chi connectivity index (χ1n) is 12.9. The number of carbonyl (C=O) groups excluding carboxylic acids is 3. The van der Waals surface area contributed by atoms with Crippen LogP contribution in [0.1, 0.15) is 85.5 Å². The molecule has 4 aliphatic rings. The minimum Gasteiger partial charge on any atom is -0.469 e. The van der Waals surface area contributed by atoms with E-state index in [0.717, 1.165) is 38.5 Å². The maximum absolute atomic E-state index is 12.5. The molecule has 0 saturated heterocycles. The van der Waals surface area contributed by atoms with Gasteiger partial charge in [0, 0.05) is 25.2 Å². The van der Waals surface area contributed by atoms with Crippen LogP contribution in [0.5, 0.6) is 0 Å². The van der Waals surface area contributed by atoms with Crippen molar-refractivity contribution in [3.8, 4) is 0 Å². The summed E-state index contributed by atoms with van der Waals surface area (Å²) in [5, 5.41) is 0. The highest BCUT2D eigenvalue weighted by molar-refractivity contribution is 9.10. The minimum atomic E-state index is -0.194. The summed E-state index contributed by atoms with van der Waals surface area (Å²) < 4.78 is 11.0. The molecule has 4 fully saturated rings. The van der Waals surface area contributed by atoms with Crippen LogP contribution < -0.4 is 0 Å². The monoisotopic (exact) mass is 524 g/mol. The largest absolute Gasteiger partial charge is 0.469 e. The van der Waals surface area contributed by atoms with Crippen LogP contribution in [0, 0.1) is 46.3 Å². The first-order chi connectivity index (χ1) is 15.5. The summed E-state index contributed by atoms with van der Waals surface area (Å²) in [7, 11) is 1.45. The van der Waals surface area contributed by atoms with Gasteiger partial charge in [-0.1, -0.05) is 36.7 Å². The van der Waals surface area contributed by atoms with Gasteiger partial charge in [-0.3, -0.25) is 14.4 Å². The van der Waals surface area contributed by atoms with Crippen LogP contribution >= 0.6 is 15.9 Å². The number of hydrogen-bond donors (Lipinski definition) is 0. The first-order valence-corrected chi connectivity index (χ1v) is 13.9. The number of halogens is 1. The minimum absolute atomic E-state index is 0.0349. The third-order valence-electron chi connectivity index (χ3n) is 10.7. The highest BCUT2D eigenvalue weighted by Gasteiger charge is 2.65. The predicted octanol–water partition coefficient (Wildman–Crippen LogP) is 5.72. The van der Waals surface area contributed by atoms with E-state index in [-0.39, 0.29) is 33.7 Å². The lowest BCUT2D eigenvalue weighted by Crippen LogP contribution is -2.60. The van der Waals surface area contributed by atoms with Gasteiger partial charge in [-0.25, -0.2) is 0 Å². The average Bonchev–Trinajstić information content (AvgIpc) is 3.13. The second kappa shape index (κ2) is 9.28. The summed E-state index contributed by atoms with van der Waals surface area (Å²) in [5.74, 6) is 2.82. The zero-order chi connectivity index (χ0) is 24.1. The number of esters is 2. The normalized spacial score (nSPS) is 45.4. The second-order valence-corrected chi connectivity index (χ2v) is 12.9. The Morgan fingerprint density at radius 3 is 2.48 bits per heavy atom. The van der Waals surface area contributed by atoms with Gasteiger partial charge in [0.1, 0.15) is 11.9 Å². The highest BCUT2D eigenvalue weighted by atomic mass is 79.9. The third-order valence-corrected chi connectivity index (χ3v) is 11.8. The maximum Gasteiger partial charge on any atom is 0.305 e. The summed E-state index contributed by atoms with van der Waals surface area (Å²) in [6.45, 7) is 8.58. The number of methoxy groups -OCH3 is 1. The fourth-order valence-electron chi connectivity index (χ4n) is 9.01. The molecule has 4 rings (SSSR count). The average molecular weight is 526 g/mol. The maximum atomic E-state index is 12.5. The number of alkyl halides is 1. The van der Waals surface area contributed by atoms with Crippen LogP contribution in [0.25, 0.3) is 0 Å². The summed E-state index contributed by atoms with van der Waals surface area (Å²) in [5.41, 5.74) is 0.0448. The van der Waals surface area contributed by atoms with E-state index >= 15 is 0 Å². The number of fused-ring (bicyclic) bond motifs is 5. The van der Waals surface area contributed by atoms with Gasteiger partial charge in [0.05, 0.1) is 11.9 Å². The Morgan fingerprint density at radius 2 is 1.82 bits per heavy atom. The van der Waals surface area contributed by atoms with Crippen LogP contribution in [0.15, 0.2) is 0 Å². The Balaban J connectivity index is 1.64. The quantitative estimate of drug-likeness (QED) is 0.339. The second-order valence-electron chi connectivity index (χ2n) is 11.9. The highest BCUT2D eigenvalue weighted by Crippen LogP contribution is 2.69. The van der Waals surface area contributed by atoms with Crippen LogP contribution in [-0.2, 0) is 23.9 Å². The standard InChI is InChI=1S/C27H41BrO5/c1-15(6-11-24(31)32-5)18-9-10-19-17-7-8-20-25(28)22(30)12-13-26(20,3)21(17)14-23(27(18,19)4)33-16(2)29/h15,17-21,23,25H,6-14H2,1-5H3/t15-,17+,18-,19+,20+,21+,23+,25-,26+,27-/m1/s1. The molecule has 0 heterocycles. The molecule has 0 amide bonds. The third kappa shape index (κ3) is 4.10. The van der Waals surface area contributed by atoms with Gasteiger partial charge in [-0.15, -0.1) is 0 Å². The summed E-state index contributed by atoms with van der Waals surface area (Å²) >= 11 is 3.76. The Bertz CT molecular complexity index is 797. The van der Waals surface area contributed by atoms with Crippen LogP contribution in [0.4, 0.5) is 0 Å². The zero-order valence-corrected chi connectivity index (χ0v) is 22.5. The van der Waals surface area contributed by atoms with E-state index in [0.29, 0.717) is 54.1 Å². The van der Waals surface area contributed by atoms with Crippen molar-refractivity contribution in [3.05, 3.63) is 0 Å². The van der Waals surface area contributed by atoms with Crippen LogP contribution in [0.2, 0.25) is 0 Å². The zero-order valence-electron chi connectivity index (χ0n) is 20.9.